The molecule has 6 N–H and O–H groups in total. The highest BCUT2D eigenvalue weighted by atomic mass is 16.5. The van der Waals surface area contributed by atoms with E-state index in [1.807, 2.05) is 32.9 Å². The summed E-state index contributed by atoms with van der Waals surface area (Å²) in [6.07, 6.45) is 14.5. The Hall–Kier alpha value is -3.30. The molecule has 0 radical (unpaired) electrons. The lowest BCUT2D eigenvalue weighted by molar-refractivity contribution is -0.139. The standard InChI is InChI=1S/C46H66N4O4/c1-30(2)53-43(40(47)27-32-14-6-4-7-15-32)45(51)49-29-36-20-13-22-37-35(19-12-23-38(36)37)26-31(3)54-44(41(48)28-33-16-8-5-9-17-33)46(52)50-42-25-24-34-18-10-11-21-39(34)42/h10-13,18-23,30-33,40-44H,4-9,14-17,24-29,47-48H2,1-3H3,(H,49,51)(H,50,52)/t31?,40?,41-,42?,43?,44?/m1/s1. The van der Waals surface area contributed by atoms with E-state index in [2.05, 4.69) is 59.2 Å². The van der Waals surface area contributed by atoms with E-state index >= 15 is 0 Å². The summed E-state index contributed by atoms with van der Waals surface area (Å²) < 4.78 is 12.8. The Kier molecular flexibility index (Phi) is 14.6. The molecule has 6 rings (SSSR count). The highest BCUT2D eigenvalue weighted by Gasteiger charge is 2.34. The third-order valence-electron chi connectivity index (χ3n) is 12.3. The quantitative estimate of drug-likeness (QED) is 0.111. The molecule has 0 spiro atoms. The number of carbonyl (C=O) groups excluding carboxylic acids is 2. The van der Waals surface area contributed by atoms with Crippen molar-refractivity contribution in [1.29, 1.82) is 0 Å². The zero-order chi connectivity index (χ0) is 38.0. The molecule has 0 heterocycles. The van der Waals surface area contributed by atoms with Crippen molar-refractivity contribution in [2.45, 2.75) is 166 Å². The van der Waals surface area contributed by atoms with Crippen LogP contribution in [0.25, 0.3) is 10.8 Å². The van der Waals surface area contributed by atoms with Crippen LogP contribution in [-0.4, -0.2) is 48.3 Å². The van der Waals surface area contributed by atoms with Crippen LogP contribution in [0.15, 0.2) is 60.7 Å². The van der Waals surface area contributed by atoms with Gasteiger partial charge in [-0.25, -0.2) is 0 Å². The molecule has 0 aromatic heterocycles. The molecule has 3 aliphatic rings. The zero-order valence-corrected chi connectivity index (χ0v) is 33.1. The summed E-state index contributed by atoms with van der Waals surface area (Å²) in [5, 5.41) is 8.69. The van der Waals surface area contributed by atoms with E-state index in [0.29, 0.717) is 24.8 Å². The van der Waals surface area contributed by atoms with Crippen molar-refractivity contribution >= 4 is 22.6 Å². The highest BCUT2D eigenvalue weighted by molar-refractivity contribution is 5.89. The van der Waals surface area contributed by atoms with Gasteiger partial charge in [0.2, 0.25) is 0 Å². The molecule has 3 aromatic rings. The number of carbonyl (C=O) groups is 2. The average molecular weight is 739 g/mol. The fourth-order valence-electron chi connectivity index (χ4n) is 9.49. The third kappa shape index (κ3) is 10.7. The van der Waals surface area contributed by atoms with Gasteiger partial charge in [-0.2, -0.15) is 0 Å². The second-order valence-electron chi connectivity index (χ2n) is 16.9. The van der Waals surface area contributed by atoms with Gasteiger partial charge in [0.1, 0.15) is 0 Å². The van der Waals surface area contributed by atoms with E-state index in [0.717, 1.165) is 47.6 Å². The highest BCUT2D eigenvalue weighted by Crippen LogP contribution is 2.33. The normalized spacial score (nSPS) is 21.0. The van der Waals surface area contributed by atoms with Crippen molar-refractivity contribution in [3.8, 4) is 0 Å². The molecular formula is C46H66N4O4. The number of nitrogens with one attached hydrogen (secondary N) is 2. The maximum atomic E-state index is 14.0. The van der Waals surface area contributed by atoms with Crippen molar-refractivity contribution in [1.82, 2.24) is 10.6 Å². The van der Waals surface area contributed by atoms with Crippen LogP contribution in [0.2, 0.25) is 0 Å². The molecule has 3 aromatic carbocycles. The summed E-state index contributed by atoms with van der Waals surface area (Å²) >= 11 is 0. The second kappa shape index (κ2) is 19.5. The maximum Gasteiger partial charge on any atom is 0.251 e. The van der Waals surface area contributed by atoms with Crippen LogP contribution in [0.4, 0.5) is 0 Å². The van der Waals surface area contributed by atoms with Crippen LogP contribution in [0.5, 0.6) is 0 Å². The van der Waals surface area contributed by atoms with Crippen LogP contribution in [-0.2, 0) is 38.4 Å². The maximum absolute atomic E-state index is 14.0. The van der Waals surface area contributed by atoms with E-state index in [4.69, 9.17) is 20.9 Å². The summed E-state index contributed by atoms with van der Waals surface area (Å²) in [7, 11) is 0. The van der Waals surface area contributed by atoms with Crippen LogP contribution in [0.1, 0.15) is 133 Å². The fraction of sp³-hybridized carbons (Fsp3) is 0.609. The number of fused-ring (bicyclic) bond motifs is 2. The number of nitrogens with two attached hydrogens (primary N) is 2. The number of amides is 2. The van der Waals surface area contributed by atoms with Gasteiger partial charge in [-0.1, -0.05) is 125 Å². The van der Waals surface area contributed by atoms with Crippen LogP contribution in [0, 0.1) is 11.8 Å². The number of rotatable bonds is 17. The van der Waals surface area contributed by atoms with Crippen molar-refractivity contribution in [2.24, 2.45) is 23.3 Å². The number of benzene rings is 3. The summed E-state index contributed by atoms with van der Waals surface area (Å²) in [6.45, 7) is 6.34. The Labute approximate surface area is 323 Å². The van der Waals surface area contributed by atoms with Gasteiger partial charge in [-0.3, -0.25) is 9.59 Å². The molecule has 0 aliphatic heterocycles. The van der Waals surface area contributed by atoms with Crippen LogP contribution < -0.4 is 22.1 Å². The first kappa shape index (κ1) is 40.4. The molecule has 2 fully saturated rings. The van der Waals surface area contributed by atoms with Crippen LogP contribution in [0.3, 0.4) is 0 Å². The van der Waals surface area contributed by atoms with Gasteiger partial charge in [0.25, 0.3) is 11.8 Å². The lowest BCUT2D eigenvalue weighted by atomic mass is 9.83. The predicted molar refractivity (Wildman–Crippen MR) is 218 cm³/mol. The Morgan fingerprint density at radius 2 is 1.26 bits per heavy atom. The number of ether oxygens (including phenoxy) is 2. The summed E-state index contributed by atoms with van der Waals surface area (Å²) in [6, 6.07) is 20.2. The van der Waals surface area contributed by atoms with Crippen LogP contribution >= 0.6 is 0 Å². The molecule has 294 valence electrons. The van der Waals surface area contributed by atoms with E-state index in [-0.39, 0.29) is 42.1 Å². The Balaban J connectivity index is 1.13. The Morgan fingerprint density at radius 3 is 1.89 bits per heavy atom. The minimum atomic E-state index is -0.735. The third-order valence-corrected chi connectivity index (χ3v) is 12.3. The van der Waals surface area contributed by atoms with Gasteiger partial charge in [-0.05, 0) is 97.7 Å². The molecule has 5 unspecified atom stereocenters. The fourth-order valence-corrected chi connectivity index (χ4v) is 9.49. The van der Waals surface area contributed by atoms with Gasteiger partial charge < -0.3 is 31.6 Å². The van der Waals surface area contributed by atoms with E-state index in [1.54, 1.807) is 0 Å². The van der Waals surface area contributed by atoms with E-state index in [9.17, 15) is 9.59 Å². The molecule has 0 saturated heterocycles. The van der Waals surface area contributed by atoms with Gasteiger partial charge in [0.15, 0.2) is 12.2 Å². The van der Waals surface area contributed by atoms with Crippen molar-refractivity contribution < 1.29 is 19.1 Å². The number of aryl methyl sites for hydroxylation is 1. The minimum Gasteiger partial charge on any atom is -0.364 e. The number of hydrogen-bond donors (Lipinski definition) is 4. The summed E-state index contributed by atoms with van der Waals surface area (Å²) in [4.78, 5) is 27.7. The lowest BCUT2D eigenvalue weighted by Crippen LogP contribution is -2.50. The van der Waals surface area contributed by atoms with Gasteiger partial charge >= 0.3 is 0 Å². The molecule has 6 atom stereocenters. The van der Waals surface area contributed by atoms with Gasteiger partial charge in [-0.15, -0.1) is 0 Å². The molecule has 54 heavy (non-hydrogen) atoms. The topological polar surface area (TPSA) is 129 Å². The van der Waals surface area contributed by atoms with Crippen molar-refractivity contribution in [3.05, 3.63) is 82.9 Å². The monoisotopic (exact) mass is 739 g/mol. The van der Waals surface area contributed by atoms with E-state index < -0.39 is 12.2 Å². The van der Waals surface area contributed by atoms with Gasteiger partial charge in [0, 0.05) is 18.6 Å². The largest absolute Gasteiger partial charge is 0.364 e. The molecule has 8 nitrogen and oxygen atoms in total. The molecule has 2 saturated carbocycles. The first-order valence-corrected chi connectivity index (χ1v) is 21.1. The molecule has 0 bridgehead atoms. The molecule has 2 amide bonds. The smallest absolute Gasteiger partial charge is 0.251 e. The minimum absolute atomic E-state index is 0.0196. The first-order valence-electron chi connectivity index (χ1n) is 21.1. The average Bonchev–Trinajstić information content (AvgIpc) is 3.58. The van der Waals surface area contributed by atoms with E-state index in [1.165, 1.54) is 75.3 Å². The lowest BCUT2D eigenvalue weighted by Gasteiger charge is -2.31. The van der Waals surface area contributed by atoms with Crippen molar-refractivity contribution in [3.63, 3.8) is 0 Å². The molecule has 3 aliphatic carbocycles. The molecular weight excluding hydrogens is 673 g/mol. The Morgan fingerprint density at radius 1 is 0.685 bits per heavy atom. The zero-order valence-electron chi connectivity index (χ0n) is 33.1. The first-order chi connectivity index (χ1) is 26.2. The SMILES string of the molecule is CC(C)OC(C(=O)NCc1cccc2c(CC(C)OC(C(=O)NC3CCc4ccccc43)[C@H](N)CC3CCCCC3)cccc12)C(N)CC1CCCCC1. The van der Waals surface area contributed by atoms with Gasteiger partial charge in [0.05, 0.1) is 18.2 Å². The summed E-state index contributed by atoms with van der Waals surface area (Å²) in [5.74, 6) is 0.829. The second-order valence-corrected chi connectivity index (χ2v) is 16.9. The molecule has 8 heteroatoms. The predicted octanol–water partition coefficient (Wildman–Crippen LogP) is 7.96. The van der Waals surface area contributed by atoms with Crippen molar-refractivity contribution in [2.75, 3.05) is 0 Å². The number of hydrogen-bond acceptors (Lipinski definition) is 6. The Bertz CT molecular complexity index is 1670. The summed E-state index contributed by atoms with van der Waals surface area (Å²) in [5.41, 5.74) is 18.2.